The molecule has 0 aromatic carbocycles. The first-order valence-electron chi connectivity index (χ1n) is 5.91. The van der Waals surface area contributed by atoms with Gasteiger partial charge in [-0.15, -0.1) is 0 Å². The molecule has 0 bridgehead atoms. The summed E-state index contributed by atoms with van der Waals surface area (Å²) in [7, 11) is 0. The second kappa shape index (κ2) is 4.99. The van der Waals surface area contributed by atoms with Gasteiger partial charge in [0, 0.05) is 5.54 Å². The second-order valence-corrected chi connectivity index (χ2v) is 5.02. The SMILES string of the molecule is CCC(C)CNC1(C)CCCCC1. The van der Waals surface area contributed by atoms with Gasteiger partial charge in [0.15, 0.2) is 0 Å². The molecule has 1 heteroatoms. The van der Waals surface area contributed by atoms with Gasteiger partial charge in [-0.05, 0) is 32.2 Å². The summed E-state index contributed by atoms with van der Waals surface area (Å²) < 4.78 is 0. The van der Waals surface area contributed by atoms with E-state index in [4.69, 9.17) is 0 Å². The minimum atomic E-state index is 0.460. The maximum atomic E-state index is 3.75. The lowest BCUT2D eigenvalue weighted by Gasteiger charge is -2.35. The molecule has 0 amide bonds. The zero-order valence-electron chi connectivity index (χ0n) is 9.53. The highest BCUT2D eigenvalue weighted by atomic mass is 15.0. The van der Waals surface area contributed by atoms with E-state index in [0.29, 0.717) is 5.54 Å². The van der Waals surface area contributed by atoms with Crippen LogP contribution >= 0.6 is 0 Å². The van der Waals surface area contributed by atoms with Gasteiger partial charge in [-0.25, -0.2) is 0 Å². The van der Waals surface area contributed by atoms with Crippen molar-refractivity contribution >= 4 is 0 Å². The van der Waals surface area contributed by atoms with E-state index in [1.807, 2.05) is 0 Å². The molecule has 1 atom stereocenters. The molecule has 0 aromatic heterocycles. The fraction of sp³-hybridized carbons (Fsp3) is 1.00. The number of hydrogen-bond acceptors (Lipinski definition) is 1. The van der Waals surface area contributed by atoms with Gasteiger partial charge in [0.25, 0.3) is 0 Å². The average Bonchev–Trinajstić information content (AvgIpc) is 2.15. The number of hydrogen-bond donors (Lipinski definition) is 1. The molecule has 0 heterocycles. The molecular weight excluding hydrogens is 158 g/mol. The molecule has 0 radical (unpaired) electrons. The molecule has 0 saturated heterocycles. The Balaban J connectivity index is 2.24. The van der Waals surface area contributed by atoms with E-state index in [2.05, 4.69) is 26.1 Å². The molecule has 1 saturated carbocycles. The Morgan fingerprint density at radius 3 is 2.38 bits per heavy atom. The molecule has 1 aliphatic carbocycles. The fourth-order valence-corrected chi connectivity index (χ4v) is 2.07. The standard InChI is InChI=1S/C12H25N/c1-4-11(2)10-13-12(3)8-6-5-7-9-12/h11,13H,4-10H2,1-3H3. The van der Waals surface area contributed by atoms with Gasteiger partial charge in [0.05, 0.1) is 0 Å². The highest BCUT2D eigenvalue weighted by Crippen LogP contribution is 2.27. The van der Waals surface area contributed by atoms with Crippen LogP contribution in [0.3, 0.4) is 0 Å². The number of nitrogens with one attached hydrogen (secondary N) is 1. The number of rotatable bonds is 4. The zero-order chi connectivity index (χ0) is 9.73. The van der Waals surface area contributed by atoms with Crippen LogP contribution in [0.15, 0.2) is 0 Å². The van der Waals surface area contributed by atoms with Gasteiger partial charge in [-0.3, -0.25) is 0 Å². The van der Waals surface area contributed by atoms with Crippen molar-refractivity contribution in [2.75, 3.05) is 6.54 Å². The van der Waals surface area contributed by atoms with Crippen molar-refractivity contribution in [1.29, 1.82) is 0 Å². The summed E-state index contributed by atoms with van der Waals surface area (Å²) in [5, 5.41) is 3.75. The van der Waals surface area contributed by atoms with Crippen molar-refractivity contribution in [3.8, 4) is 0 Å². The van der Waals surface area contributed by atoms with Crippen LogP contribution in [-0.2, 0) is 0 Å². The normalized spacial score (nSPS) is 24.2. The van der Waals surface area contributed by atoms with E-state index >= 15 is 0 Å². The third kappa shape index (κ3) is 3.68. The molecule has 0 aromatic rings. The van der Waals surface area contributed by atoms with Gasteiger partial charge in [0.1, 0.15) is 0 Å². The maximum absolute atomic E-state index is 3.75. The Labute approximate surface area is 83.3 Å². The fourth-order valence-electron chi connectivity index (χ4n) is 2.07. The van der Waals surface area contributed by atoms with Crippen molar-refractivity contribution in [2.45, 2.75) is 64.8 Å². The molecular formula is C12H25N. The van der Waals surface area contributed by atoms with Gasteiger partial charge in [-0.2, -0.15) is 0 Å². The topological polar surface area (TPSA) is 12.0 Å². The van der Waals surface area contributed by atoms with Crippen molar-refractivity contribution in [3.63, 3.8) is 0 Å². The van der Waals surface area contributed by atoms with Crippen molar-refractivity contribution in [1.82, 2.24) is 5.32 Å². The van der Waals surface area contributed by atoms with Crippen LogP contribution in [0.2, 0.25) is 0 Å². The third-order valence-corrected chi connectivity index (χ3v) is 3.53. The van der Waals surface area contributed by atoms with Crippen LogP contribution in [0.1, 0.15) is 59.3 Å². The summed E-state index contributed by atoms with van der Waals surface area (Å²) >= 11 is 0. The third-order valence-electron chi connectivity index (χ3n) is 3.53. The monoisotopic (exact) mass is 183 g/mol. The Hall–Kier alpha value is -0.0400. The Kier molecular flexibility index (Phi) is 4.24. The molecule has 1 unspecified atom stereocenters. The van der Waals surface area contributed by atoms with Crippen molar-refractivity contribution < 1.29 is 0 Å². The lowest BCUT2D eigenvalue weighted by molar-refractivity contribution is 0.242. The van der Waals surface area contributed by atoms with Crippen LogP contribution < -0.4 is 5.32 Å². The summed E-state index contributed by atoms with van der Waals surface area (Å²) in [4.78, 5) is 0. The minimum Gasteiger partial charge on any atom is -0.311 e. The molecule has 1 nitrogen and oxygen atoms in total. The highest BCUT2D eigenvalue weighted by Gasteiger charge is 2.25. The van der Waals surface area contributed by atoms with E-state index in [1.54, 1.807) is 0 Å². The second-order valence-electron chi connectivity index (χ2n) is 5.02. The van der Waals surface area contributed by atoms with Gasteiger partial charge in [0.2, 0.25) is 0 Å². The largest absolute Gasteiger partial charge is 0.311 e. The van der Waals surface area contributed by atoms with E-state index in [-0.39, 0.29) is 0 Å². The van der Waals surface area contributed by atoms with Crippen LogP contribution in [0.4, 0.5) is 0 Å². The molecule has 0 spiro atoms. The van der Waals surface area contributed by atoms with Gasteiger partial charge >= 0.3 is 0 Å². The van der Waals surface area contributed by atoms with Crippen LogP contribution in [0, 0.1) is 5.92 Å². The Bertz CT molecular complexity index is 136. The summed E-state index contributed by atoms with van der Waals surface area (Å²) in [6, 6.07) is 0. The first-order valence-corrected chi connectivity index (χ1v) is 5.91. The van der Waals surface area contributed by atoms with Crippen molar-refractivity contribution in [3.05, 3.63) is 0 Å². The van der Waals surface area contributed by atoms with Gasteiger partial charge in [-0.1, -0.05) is 39.5 Å². The van der Waals surface area contributed by atoms with Crippen LogP contribution in [0.25, 0.3) is 0 Å². The predicted octanol–water partition coefficient (Wildman–Crippen LogP) is 3.34. The predicted molar refractivity (Wildman–Crippen MR) is 58.9 cm³/mol. The zero-order valence-corrected chi connectivity index (χ0v) is 9.53. The molecule has 78 valence electrons. The Morgan fingerprint density at radius 1 is 1.23 bits per heavy atom. The van der Waals surface area contributed by atoms with E-state index in [9.17, 15) is 0 Å². The summed E-state index contributed by atoms with van der Waals surface area (Å²) in [5.41, 5.74) is 0.460. The molecule has 0 aliphatic heterocycles. The van der Waals surface area contributed by atoms with Crippen molar-refractivity contribution in [2.24, 2.45) is 5.92 Å². The molecule has 1 aliphatic rings. The van der Waals surface area contributed by atoms with E-state index in [0.717, 1.165) is 5.92 Å². The first kappa shape index (κ1) is 11.0. The highest BCUT2D eigenvalue weighted by molar-refractivity contribution is 4.86. The average molecular weight is 183 g/mol. The molecule has 1 fully saturated rings. The molecule has 1 rings (SSSR count). The van der Waals surface area contributed by atoms with Gasteiger partial charge < -0.3 is 5.32 Å². The maximum Gasteiger partial charge on any atom is 0.0153 e. The quantitative estimate of drug-likeness (QED) is 0.705. The van der Waals surface area contributed by atoms with E-state index in [1.165, 1.54) is 45.1 Å². The summed E-state index contributed by atoms with van der Waals surface area (Å²) in [5.74, 6) is 0.832. The first-order chi connectivity index (χ1) is 6.16. The lowest BCUT2D eigenvalue weighted by Crippen LogP contribution is -2.45. The van der Waals surface area contributed by atoms with Crippen LogP contribution in [-0.4, -0.2) is 12.1 Å². The minimum absolute atomic E-state index is 0.460. The lowest BCUT2D eigenvalue weighted by atomic mass is 9.83. The molecule has 13 heavy (non-hydrogen) atoms. The summed E-state index contributed by atoms with van der Waals surface area (Å²) in [6.07, 6.45) is 8.34. The Morgan fingerprint density at radius 2 is 1.85 bits per heavy atom. The molecule has 1 N–H and O–H groups in total. The smallest absolute Gasteiger partial charge is 0.0153 e. The summed E-state index contributed by atoms with van der Waals surface area (Å²) in [6.45, 7) is 8.20. The van der Waals surface area contributed by atoms with Crippen LogP contribution in [0.5, 0.6) is 0 Å². The van der Waals surface area contributed by atoms with E-state index < -0.39 is 0 Å².